The molecule has 1 aromatic heterocycles. The van der Waals surface area contributed by atoms with Gasteiger partial charge in [0.1, 0.15) is 6.04 Å². The molecule has 2 heterocycles. The van der Waals surface area contributed by atoms with Gasteiger partial charge in [0.25, 0.3) is 0 Å². The summed E-state index contributed by atoms with van der Waals surface area (Å²) in [7, 11) is 0. The minimum Gasteiger partial charge on any atom is -0.490 e. The summed E-state index contributed by atoms with van der Waals surface area (Å²) >= 11 is 1.71. The quantitative estimate of drug-likeness (QED) is 0.844. The van der Waals surface area contributed by atoms with Crippen LogP contribution in [0.4, 0.5) is 5.69 Å². The third-order valence-corrected chi connectivity index (χ3v) is 4.71. The van der Waals surface area contributed by atoms with Crippen LogP contribution in [0.15, 0.2) is 35.7 Å². The van der Waals surface area contributed by atoms with Crippen molar-refractivity contribution in [3.8, 4) is 11.5 Å². The van der Waals surface area contributed by atoms with Gasteiger partial charge in [-0.15, -0.1) is 11.3 Å². The molecule has 1 aromatic carbocycles. The summed E-state index contributed by atoms with van der Waals surface area (Å²) in [6.07, 6.45) is 1.74. The van der Waals surface area contributed by atoms with Crippen LogP contribution >= 0.6 is 11.3 Å². The van der Waals surface area contributed by atoms with Gasteiger partial charge in [-0.3, -0.25) is 4.79 Å². The van der Waals surface area contributed by atoms with Gasteiger partial charge in [0.2, 0.25) is 5.91 Å². The lowest BCUT2D eigenvalue weighted by Gasteiger charge is -2.16. The second-order valence-corrected chi connectivity index (χ2v) is 6.73. The molecule has 128 valence electrons. The SMILES string of the molecule is CC(Nc1ccc2c(c1)OCCCO2)C(=O)NCCc1cccs1. The van der Waals surface area contributed by atoms with Crippen molar-refractivity contribution in [3.05, 3.63) is 40.6 Å². The average Bonchev–Trinajstić information content (AvgIpc) is 2.98. The van der Waals surface area contributed by atoms with E-state index in [9.17, 15) is 4.79 Å². The zero-order valence-corrected chi connectivity index (χ0v) is 14.5. The third kappa shape index (κ3) is 4.41. The topological polar surface area (TPSA) is 59.6 Å². The largest absolute Gasteiger partial charge is 0.490 e. The molecule has 0 bridgehead atoms. The van der Waals surface area contributed by atoms with Gasteiger partial charge in [-0.1, -0.05) is 6.07 Å². The molecule has 24 heavy (non-hydrogen) atoms. The number of amides is 1. The smallest absolute Gasteiger partial charge is 0.242 e. The van der Waals surface area contributed by atoms with E-state index in [1.54, 1.807) is 11.3 Å². The highest BCUT2D eigenvalue weighted by molar-refractivity contribution is 7.09. The summed E-state index contributed by atoms with van der Waals surface area (Å²) in [6, 6.07) is 9.45. The van der Waals surface area contributed by atoms with E-state index in [-0.39, 0.29) is 11.9 Å². The first kappa shape index (κ1) is 16.6. The molecule has 0 radical (unpaired) electrons. The van der Waals surface area contributed by atoms with E-state index in [1.807, 2.05) is 36.6 Å². The van der Waals surface area contributed by atoms with Gasteiger partial charge in [0.05, 0.1) is 13.2 Å². The number of rotatable bonds is 6. The molecule has 6 heteroatoms. The van der Waals surface area contributed by atoms with Crippen LogP contribution in [0.1, 0.15) is 18.2 Å². The molecule has 2 N–H and O–H groups in total. The number of anilines is 1. The van der Waals surface area contributed by atoms with Crippen LogP contribution in [-0.2, 0) is 11.2 Å². The molecule has 0 spiro atoms. The van der Waals surface area contributed by atoms with Crippen LogP contribution in [0.2, 0.25) is 0 Å². The van der Waals surface area contributed by atoms with E-state index >= 15 is 0 Å². The molecular weight excluding hydrogens is 324 g/mol. The maximum atomic E-state index is 12.2. The number of carbonyl (C=O) groups excluding carboxylic acids is 1. The molecule has 0 aliphatic carbocycles. The Morgan fingerprint density at radius 1 is 1.25 bits per heavy atom. The Hall–Kier alpha value is -2.21. The van der Waals surface area contributed by atoms with Crippen molar-refractivity contribution < 1.29 is 14.3 Å². The molecule has 0 saturated carbocycles. The van der Waals surface area contributed by atoms with Gasteiger partial charge in [-0.25, -0.2) is 0 Å². The summed E-state index contributed by atoms with van der Waals surface area (Å²) < 4.78 is 11.3. The monoisotopic (exact) mass is 346 g/mol. The van der Waals surface area contributed by atoms with E-state index < -0.39 is 0 Å². The van der Waals surface area contributed by atoms with E-state index in [4.69, 9.17) is 9.47 Å². The minimum atomic E-state index is -0.321. The Balaban J connectivity index is 1.51. The fraction of sp³-hybridized carbons (Fsp3) is 0.389. The van der Waals surface area contributed by atoms with E-state index in [0.717, 1.165) is 30.0 Å². The average molecular weight is 346 g/mol. The second kappa shape index (κ2) is 8.06. The Labute approximate surface area is 146 Å². The van der Waals surface area contributed by atoms with Crippen LogP contribution in [0.25, 0.3) is 0 Å². The van der Waals surface area contributed by atoms with Crippen LogP contribution in [0.5, 0.6) is 11.5 Å². The van der Waals surface area contributed by atoms with Crippen molar-refractivity contribution in [1.82, 2.24) is 5.32 Å². The van der Waals surface area contributed by atoms with Crippen molar-refractivity contribution >= 4 is 22.9 Å². The standard InChI is InChI=1S/C18H22N2O3S/c1-13(18(21)19-8-7-15-4-2-11-24-15)20-14-5-6-16-17(12-14)23-10-3-9-22-16/h2,4-6,11-13,20H,3,7-10H2,1H3,(H,19,21). The summed E-state index contributed by atoms with van der Waals surface area (Å²) in [4.78, 5) is 13.5. The number of hydrogen-bond acceptors (Lipinski definition) is 5. The molecule has 3 rings (SSSR count). The first-order valence-electron chi connectivity index (χ1n) is 8.18. The maximum absolute atomic E-state index is 12.2. The number of nitrogens with one attached hydrogen (secondary N) is 2. The maximum Gasteiger partial charge on any atom is 0.242 e. The van der Waals surface area contributed by atoms with E-state index in [2.05, 4.69) is 16.7 Å². The lowest BCUT2D eigenvalue weighted by atomic mass is 10.2. The first-order chi connectivity index (χ1) is 11.7. The number of thiophene rings is 1. The van der Waals surface area contributed by atoms with Gasteiger partial charge < -0.3 is 20.1 Å². The van der Waals surface area contributed by atoms with Gasteiger partial charge in [0.15, 0.2) is 11.5 Å². The second-order valence-electron chi connectivity index (χ2n) is 5.70. The highest BCUT2D eigenvalue weighted by Gasteiger charge is 2.15. The van der Waals surface area contributed by atoms with Crippen LogP contribution < -0.4 is 20.1 Å². The normalized spacial score (nSPS) is 14.5. The van der Waals surface area contributed by atoms with E-state index in [0.29, 0.717) is 19.8 Å². The Morgan fingerprint density at radius 2 is 2.08 bits per heavy atom. The number of ether oxygens (including phenoxy) is 2. The van der Waals surface area contributed by atoms with E-state index in [1.165, 1.54) is 4.88 Å². The van der Waals surface area contributed by atoms with Crippen LogP contribution in [0, 0.1) is 0 Å². The molecule has 1 aliphatic heterocycles. The molecule has 1 amide bonds. The van der Waals surface area contributed by atoms with Crippen molar-refractivity contribution in [2.75, 3.05) is 25.1 Å². The predicted molar refractivity (Wildman–Crippen MR) is 96.2 cm³/mol. The van der Waals surface area contributed by atoms with Crippen LogP contribution in [-0.4, -0.2) is 31.7 Å². The van der Waals surface area contributed by atoms with Crippen molar-refractivity contribution in [2.24, 2.45) is 0 Å². The zero-order chi connectivity index (χ0) is 16.8. The predicted octanol–water partition coefficient (Wildman–Crippen LogP) is 3.07. The molecular formula is C18H22N2O3S. The summed E-state index contributed by atoms with van der Waals surface area (Å²) in [5.74, 6) is 1.47. The summed E-state index contributed by atoms with van der Waals surface area (Å²) in [6.45, 7) is 3.81. The minimum absolute atomic E-state index is 0.0151. The van der Waals surface area contributed by atoms with Crippen molar-refractivity contribution in [1.29, 1.82) is 0 Å². The fourth-order valence-corrected chi connectivity index (χ4v) is 3.19. The molecule has 5 nitrogen and oxygen atoms in total. The van der Waals surface area contributed by atoms with Crippen molar-refractivity contribution in [2.45, 2.75) is 25.8 Å². The van der Waals surface area contributed by atoms with Gasteiger partial charge in [-0.2, -0.15) is 0 Å². The third-order valence-electron chi connectivity index (χ3n) is 3.77. The number of carbonyl (C=O) groups is 1. The number of hydrogen-bond donors (Lipinski definition) is 2. The molecule has 0 fully saturated rings. The highest BCUT2D eigenvalue weighted by atomic mass is 32.1. The number of fused-ring (bicyclic) bond motifs is 1. The van der Waals surface area contributed by atoms with Crippen molar-refractivity contribution in [3.63, 3.8) is 0 Å². The lowest BCUT2D eigenvalue weighted by molar-refractivity contribution is -0.121. The molecule has 1 atom stereocenters. The van der Waals surface area contributed by atoms with Crippen LogP contribution in [0.3, 0.4) is 0 Å². The molecule has 1 unspecified atom stereocenters. The number of benzene rings is 1. The molecule has 1 aliphatic rings. The fourth-order valence-electron chi connectivity index (χ4n) is 2.49. The molecule has 2 aromatic rings. The van der Waals surface area contributed by atoms with Gasteiger partial charge >= 0.3 is 0 Å². The highest BCUT2D eigenvalue weighted by Crippen LogP contribution is 2.32. The zero-order valence-electron chi connectivity index (χ0n) is 13.7. The first-order valence-corrected chi connectivity index (χ1v) is 9.06. The summed E-state index contributed by atoms with van der Waals surface area (Å²) in [5.41, 5.74) is 0.847. The molecule has 0 saturated heterocycles. The van der Waals surface area contributed by atoms with Gasteiger partial charge in [0, 0.05) is 29.6 Å². The van der Waals surface area contributed by atoms with Gasteiger partial charge in [-0.05, 0) is 36.9 Å². The Morgan fingerprint density at radius 3 is 2.88 bits per heavy atom. The Bertz CT molecular complexity index is 673. The lowest BCUT2D eigenvalue weighted by Crippen LogP contribution is -2.38. The Kier molecular flexibility index (Phi) is 5.59. The summed E-state index contributed by atoms with van der Waals surface area (Å²) in [5, 5.41) is 8.22.